The lowest BCUT2D eigenvalue weighted by atomic mass is 10.1. The fourth-order valence-electron chi connectivity index (χ4n) is 3.55. The van der Waals surface area contributed by atoms with E-state index in [0.29, 0.717) is 28.5 Å². The summed E-state index contributed by atoms with van der Waals surface area (Å²) in [5, 5.41) is 29.4. The zero-order valence-electron chi connectivity index (χ0n) is 17.1. The van der Waals surface area contributed by atoms with E-state index in [0.717, 1.165) is 18.2 Å². The molecule has 0 bridgehead atoms. The summed E-state index contributed by atoms with van der Waals surface area (Å²) in [5.41, 5.74) is 1.31. The summed E-state index contributed by atoms with van der Waals surface area (Å²) < 4.78 is 6.94. The lowest BCUT2D eigenvalue weighted by molar-refractivity contribution is 0.0932. The van der Waals surface area contributed by atoms with Crippen LogP contribution in [-0.2, 0) is 6.54 Å². The first-order chi connectivity index (χ1) is 14.9. The number of carbonyl (C=O) groups is 2. The molecule has 0 atom stereocenters. The first-order valence-corrected chi connectivity index (χ1v) is 9.95. The van der Waals surface area contributed by atoms with E-state index >= 15 is 0 Å². The second kappa shape index (κ2) is 8.06. The van der Waals surface area contributed by atoms with Crippen LogP contribution in [0.5, 0.6) is 11.8 Å². The maximum Gasteiger partial charge on any atom is 0.331 e. The van der Waals surface area contributed by atoms with Crippen LogP contribution in [0.4, 0.5) is 0 Å². The van der Waals surface area contributed by atoms with Gasteiger partial charge in [0.2, 0.25) is 11.8 Å². The van der Waals surface area contributed by atoms with Gasteiger partial charge >= 0.3 is 5.91 Å². The first-order valence-electron chi connectivity index (χ1n) is 9.95. The number of aromatic hydroxyl groups is 2. The van der Waals surface area contributed by atoms with Crippen molar-refractivity contribution in [3.8, 4) is 11.8 Å². The minimum absolute atomic E-state index is 0.0313. The minimum atomic E-state index is -0.755. The smallest absolute Gasteiger partial charge is 0.331 e. The zero-order chi connectivity index (χ0) is 22.1. The van der Waals surface area contributed by atoms with Gasteiger partial charge in [0.05, 0.1) is 0 Å². The van der Waals surface area contributed by atoms with Crippen molar-refractivity contribution >= 4 is 33.6 Å². The molecule has 0 saturated carbocycles. The third kappa shape index (κ3) is 3.56. The van der Waals surface area contributed by atoms with Gasteiger partial charge in [-0.1, -0.05) is 36.7 Å². The number of aryl methyl sites for hydroxylation is 1. The molecule has 2 N–H and O–H groups in total. The number of para-hydroxylation sites is 1. The molecule has 4 rings (SSSR count). The van der Waals surface area contributed by atoms with Crippen LogP contribution >= 0.6 is 0 Å². The van der Waals surface area contributed by atoms with Crippen molar-refractivity contribution in [2.75, 3.05) is 0 Å². The Labute approximate surface area is 177 Å². The first kappa shape index (κ1) is 20.3. The van der Waals surface area contributed by atoms with Gasteiger partial charge in [-0.15, -0.1) is 5.11 Å². The summed E-state index contributed by atoms with van der Waals surface area (Å²) in [7, 11) is 0. The van der Waals surface area contributed by atoms with Gasteiger partial charge < -0.3 is 14.6 Å². The van der Waals surface area contributed by atoms with Crippen molar-refractivity contribution in [2.45, 2.75) is 33.2 Å². The standard InChI is InChI=1S/C23H21N3O5/c1-3-4-11-26-22(29)16-10-9-14(12-17(16)23(26)30)20(27)24-25-21(28)19-13(2)15-7-5-6-8-18(15)31-19/h5-10,12,29-30H,3-4,11H2,1-2H3. The van der Waals surface area contributed by atoms with Crippen LogP contribution in [0.2, 0.25) is 0 Å². The number of aromatic nitrogens is 1. The van der Waals surface area contributed by atoms with Gasteiger partial charge in [-0.3, -0.25) is 14.2 Å². The third-order valence-electron chi connectivity index (χ3n) is 5.26. The molecule has 0 aliphatic heterocycles. The summed E-state index contributed by atoms with van der Waals surface area (Å²) >= 11 is 0. The Kier molecular flexibility index (Phi) is 5.29. The van der Waals surface area contributed by atoms with Gasteiger partial charge in [0.25, 0.3) is 5.91 Å². The van der Waals surface area contributed by atoms with Crippen LogP contribution in [0.25, 0.3) is 21.7 Å². The maximum atomic E-state index is 12.5. The predicted octanol–water partition coefficient (Wildman–Crippen LogP) is 5.34. The predicted molar refractivity (Wildman–Crippen MR) is 115 cm³/mol. The summed E-state index contributed by atoms with van der Waals surface area (Å²) in [6.07, 6.45) is 1.68. The molecule has 31 heavy (non-hydrogen) atoms. The SMILES string of the molecule is CCCCn1c(O)c2ccc(C(=O)N=NC(=O)c3oc4ccccc4c3C)cc2c1O. The molecule has 2 amide bonds. The molecular weight excluding hydrogens is 398 g/mol. The average molecular weight is 419 g/mol. The van der Waals surface area contributed by atoms with Gasteiger partial charge in [-0.05, 0) is 37.6 Å². The molecule has 158 valence electrons. The molecule has 8 heteroatoms. The van der Waals surface area contributed by atoms with Crippen molar-refractivity contribution in [3.05, 3.63) is 59.4 Å². The number of amides is 2. The normalized spacial score (nSPS) is 11.7. The van der Waals surface area contributed by atoms with Crippen molar-refractivity contribution in [1.82, 2.24) is 4.57 Å². The summed E-state index contributed by atoms with van der Waals surface area (Å²) in [4.78, 5) is 24.9. The fourth-order valence-corrected chi connectivity index (χ4v) is 3.55. The summed E-state index contributed by atoms with van der Waals surface area (Å²) in [6.45, 7) is 4.20. The van der Waals surface area contributed by atoms with Crippen LogP contribution < -0.4 is 0 Å². The molecule has 0 fully saturated rings. The number of hydrogen-bond acceptors (Lipinski definition) is 5. The molecule has 2 heterocycles. The van der Waals surface area contributed by atoms with Crippen LogP contribution in [0.3, 0.4) is 0 Å². The third-order valence-corrected chi connectivity index (χ3v) is 5.26. The lowest BCUT2D eigenvalue weighted by Crippen LogP contribution is -1.98. The quantitative estimate of drug-likeness (QED) is 0.423. The lowest BCUT2D eigenvalue weighted by Gasteiger charge is -2.04. The van der Waals surface area contributed by atoms with Gasteiger partial charge in [-0.2, -0.15) is 0 Å². The Bertz CT molecular complexity index is 1350. The molecule has 0 aliphatic rings. The molecule has 0 saturated heterocycles. The highest BCUT2D eigenvalue weighted by molar-refractivity contribution is 6.03. The minimum Gasteiger partial charge on any atom is -0.494 e. The number of azo groups is 1. The zero-order valence-corrected chi connectivity index (χ0v) is 17.1. The number of benzene rings is 2. The number of fused-ring (bicyclic) bond motifs is 2. The highest BCUT2D eigenvalue weighted by atomic mass is 16.3. The van der Waals surface area contributed by atoms with Crippen LogP contribution in [0, 0.1) is 6.92 Å². The number of furan rings is 1. The van der Waals surface area contributed by atoms with Gasteiger partial charge in [0, 0.05) is 33.8 Å². The number of nitrogens with zero attached hydrogens (tertiary/aromatic N) is 3. The number of hydrogen-bond donors (Lipinski definition) is 2. The average Bonchev–Trinajstić information content (AvgIpc) is 3.24. The van der Waals surface area contributed by atoms with E-state index in [1.807, 2.05) is 19.1 Å². The van der Waals surface area contributed by atoms with Crippen molar-refractivity contribution in [2.24, 2.45) is 10.2 Å². The van der Waals surface area contributed by atoms with E-state index in [4.69, 9.17) is 4.42 Å². The molecule has 0 spiro atoms. The van der Waals surface area contributed by atoms with E-state index in [1.165, 1.54) is 22.8 Å². The van der Waals surface area contributed by atoms with E-state index in [2.05, 4.69) is 10.2 Å². The molecular formula is C23H21N3O5. The van der Waals surface area contributed by atoms with Gasteiger partial charge in [0.15, 0.2) is 5.76 Å². The monoisotopic (exact) mass is 419 g/mol. The summed E-state index contributed by atoms with van der Waals surface area (Å²) in [5.74, 6) is -1.65. The fraction of sp³-hybridized carbons (Fsp3) is 0.217. The topological polar surface area (TPSA) is 117 Å². The van der Waals surface area contributed by atoms with E-state index in [9.17, 15) is 19.8 Å². The van der Waals surface area contributed by atoms with Crippen molar-refractivity contribution in [1.29, 1.82) is 0 Å². The van der Waals surface area contributed by atoms with Gasteiger partial charge in [0.1, 0.15) is 5.58 Å². The van der Waals surface area contributed by atoms with Crippen LogP contribution in [-0.4, -0.2) is 26.6 Å². The highest BCUT2D eigenvalue weighted by Crippen LogP contribution is 2.37. The Morgan fingerprint density at radius 1 is 0.968 bits per heavy atom. The van der Waals surface area contributed by atoms with Crippen LogP contribution in [0.15, 0.2) is 57.1 Å². The highest BCUT2D eigenvalue weighted by Gasteiger charge is 2.19. The van der Waals surface area contributed by atoms with Crippen LogP contribution in [0.1, 0.15) is 46.2 Å². The molecule has 2 aromatic carbocycles. The largest absolute Gasteiger partial charge is 0.494 e. The Morgan fingerprint density at radius 3 is 2.42 bits per heavy atom. The van der Waals surface area contributed by atoms with Gasteiger partial charge in [-0.25, -0.2) is 0 Å². The molecule has 4 aromatic rings. The molecule has 0 radical (unpaired) electrons. The van der Waals surface area contributed by atoms with E-state index in [1.54, 1.807) is 19.1 Å². The second-order valence-electron chi connectivity index (χ2n) is 7.28. The second-order valence-corrected chi connectivity index (χ2v) is 7.28. The number of carbonyl (C=O) groups excluding carboxylic acids is 2. The van der Waals surface area contributed by atoms with Crippen molar-refractivity contribution in [3.63, 3.8) is 0 Å². The number of unbranched alkanes of at least 4 members (excludes halogenated alkanes) is 1. The summed E-state index contributed by atoms with van der Waals surface area (Å²) in [6, 6.07) is 11.6. The number of rotatable bonds is 5. The molecule has 2 aromatic heterocycles. The Morgan fingerprint density at radius 2 is 1.68 bits per heavy atom. The van der Waals surface area contributed by atoms with E-state index in [-0.39, 0.29) is 23.1 Å². The van der Waals surface area contributed by atoms with E-state index < -0.39 is 11.8 Å². The Hall–Kier alpha value is -3.94. The molecule has 8 nitrogen and oxygen atoms in total. The molecule has 0 unspecified atom stereocenters. The molecule has 0 aliphatic carbocycles. The van der Waals surface area contributed by atoms with Crippen molar-refractivity contribution < 1.29 is 24.2 Å². The Balaban J connectivity index is 1.60. The maximum absolute atomic E-state index is 12.5.